The van der Waals surface area contributed by atoms with E-state index in [-0.39, 0.29) is 23.3 Å². The molecule has 1 fully saturated rings. The number of nitrogens with one attached hydrogen (secondary N) is 1. The summed E-state index contributed by atoms with van der Waals surface area (Å²) < 4.78 is 42.2. The van der Waals surface area contributed by atoms with Crippen molar-refractivity contribution in [1.29, 1.82) is 0 Å². The first kappa shape index (κ1) is 18.1. The van der Waals surface area contributed by atoms with Gasteiger partial charge < -0.3 is 5.32 Å². The molecule has 6 heteroatoms. The van der Waals surface area contributed by atoms with Crippen LogP contribution in [-0.2, 0) is 6.54 Å². The summed E-state index contributed by atoms with van der Waals surface area (Å²) in [6, 6.07) is 7.65. The van der Waals surface area contributed by atoms with Gasteiger partial charge in [-0.3, -0.25) is 4.90 Å². The summed E-state index contributed by atoms with van der Waals surface area (Å²) in [5.41, 5.74) is 1.75. The predicted molar refractivity (Wildman–Crippen MR) is 96.5 cm³/mol. The van der Waals surface area contributed by atoms with Crippen molar-refractivity contribution in [2.75, 3.05) is 24.7 Å². The minimum Gasteiger partial charge on any atom is -0.381 e. The molecule has 25 heavy (non-hydrogen) atoms. The van der Waals surface area contributed by atoms with Gasteiger partial charge in [0.2, 0.25) is 0 Å². The van der Waals surface area contributed by atoms with Gasteiger partial charge >= 0.3 is 0 Å². The van der Waals surface area contributed by atoms with E-state index in [1.807, 2.05) is 6.07 Å². The van der Waals surface area contributed by atoms with Crippen molar-refractivity contribution in [2.24, 2.45) is 0 Å². The number of anilines is 1. The van der Waals surface area contributed by atoms with E-state index in [0.717, 1.165) is 36.8 Å². The molecule has 0 amide bonds. The van der Waals surface area contributed by atoms with Crippen molar-refractivity contribution in [3.63, 3.8) is 0 Å². The molecular formula is C19H21F3N2S. The van der Waals surface area contributed by atoms with E-state index in [9.17, 15) is 13.2 Å². The highest BCUT2D eigenvalue weighted by molar-refractivity contribution is 7.98. The van der Waals surface area contributed by atoms with Crippen LogP contribution in [0.15, 0.2) is 35.2 Å². The molecule has 0 spiro atoms. The molecule has 2 aromatic carbocycles. The van der Waals surface area contributed by atoms with E-state index in [1.165, 1.54) is 18.2 Å². The maximum atomic E-state index is 14.4. The van der Waals surface area contributed by atoms with Crippen molar-refractivity contribution < 1.29 is 13.2 Å². The van der Waals surface area contributed by atoms with Gasteiger partial charge in [-0.15, -0.1) is 11.8 Å². The largest absolute Gasteiger partial charge is 0.381 e. The average molecular weight is 366 g/mol. The summed E-state index contributed by atoms with van der Waals surface area (Å²) in [5, 5.41) is 2.96. The van der Waals surface area contributed by atoms with Crippen LogP contribution in [0.3, 0.4) is 0 Å². The van der Waals surface area contributed by atoms with E-state index in [0.29, 0.717) is 11.3 Å². The van der Waals surface area contributed by atoms with Crippen molar-refractivity contribution >= 4 is 17.4 Å². The smallest absolute Gasteiger partial charge is 0.141 e. The maximum absolute atomic E-state index is 14.4. The second-order valence-electron chi connectivity index (χ2n) is 6.20. The molecule has 1 heterocycles. The molecule has 0 bridgehead atoms. The van der Waals surface area contributed by atoms with E-state index < -0.39 is 11.6 Å². The quantitative estimate of drug-likeness (QED) is 0.707. The SMILES string of the molecule is CSc1c(F)cc(NCc2c(F)cccc2C(C)N2CCC2)cc1F. The predicted octanol–water partition coefficient (Wildman–Crippen LogP) is 5.20. The highest BCUT2D eigenvalue weighted by atomic mass is 32.2. The summed E-state index contributed by atoms with van der Waals surface area (Å²) in [7, 11) is 0. The number of benzene rings is 2. The zero-order valence-corrected chi connectivity index (χ0v) is 15.1. The fraction of sp³-hybridized carbons (Fsp3) is 0.368. The molecule has 134 valence electrons. The molecule has 3 rings (SSSR count). The van der Waals surface area contributed by atoms with Crippen LogP contribution in [0.4, 0.5) is 18.9 Å². The minimum atomic E-state index is -0.613. The first-order valence-corrected chi connectivity index (χ1v) is 9.52. The molecule has 2 aromatic rings. The standard InChI is InChI=1S/C19H21F3N2S/c1-12(24-7-4-8-24)14-5-3-6-16(20)15(14)11-23-13-9-17(21)19(25-2)18(22)10-13/h3,5-6,9-10,12,23H,4,7-8,11H2,1-2H3. The molecule has 2 nitrogen and oxygen atoms in total. The lowest BCUT2D eigenvalue weighted by Crippen LogP contribution is -2.39. The average Bonchev–Trinajstić information content (AvgIpc) is 2.51. The molecule has 1 atom stereocenters. The third-order valence-corrected chi connectivity index (χ3v) is 5.51. The van der Waals surface area contributed by atoms with E-state index in [2.05, 4.69) is 17.1 Å². The van der Waals surface area contributed by atoms with Gasteiger partial charge in [0.25, 0.3) is 0 Å². The number of halogens is 3. The summed E-state index contributed by atoms with van der Waals surface area (Å²) in [5.74, 6) is -1.53. The van der Waals surface area contributed by atoms with Crippen LogP contribution in [0.5, 0.6) is 0 Å². The van der Waals surface area contributed by atoms with E-state index in [4.69, 9.17) is 0 Å². The van der Waals surface area contributed by atoms with Crippen molar-refractivity contribution in [3.8, 4) is 0 Å². The molecule has 1 unspecified atom stereocenters. The Morgan fingerprint density at radius 2 is 1.80 bits per heavy atom. The van der Waals surface area contributed by atoms with Crippen LogP contribution >= 0.6 is 11.8 Å². The first-order valence-electron chi connectivity index (χ1n) is 8.29. The van der Waals surface area contributed by atoms with Gasteiger partial charge in [-0.2, -0.15) is 0 Å². The van der Waals surface area contributed by atoms with Gasteiger partial charge in [0, 0.05) is 23.8 Å². The topological polar surface area (TPSA) is 15.3 Å². The molecule has 1 aliphatic heterocycles. The lowest BCUT2D eigenvalue weighted by molar-refractivity contribution is 0.128. The summed E-state index contributed by atoms with van der Waals surface area (Å²) in [6.45, 7) is 4.26. The second kappa shape index (κ2) is 7.70. The van der Waals surface area contributed by atoms with Gasteiger partial charge in [-0.25, -0.2) is 13.2 Å². The fourth-order valence-electron chi connectivity index (χ4n) is 3.13. The molecule has 1 N–H and O–H groups in total. The summed E-state index contributed by atoms with van der Waals surface area (Å²) >= 11 is 1.02. The zero-order chi connectivity index (χ0) is 18.0. The van der Waals surface area contributed by atoms with Crippen LogP contribution in [0, 0.1) is 17.5 Å². The Labute approximate surface area is 150 Å². The minimum absolute atomic E-state index is 0.0106. The van der Waals surface area contributed by atoms with Gasteiger partial charge in [-0.1, -0.05) is 12.1 Å². The monoisotopic (exact) mass is 366 g/mol. The molecule has 0 radical (unpaired) electrons. The van der Waals surface area contributed by atoms with Gasteiger partial charge in [0.1, 0.15) is 17.5 Å². The number of thioether (sulfide) groups is 1. The highest BCUT2D eigenvalue weighted by Crippen LogP contribution is 2.30. The third-order valence-electron chi connectivity index (χ3n) is 4.72. The highest BCUT2D eigenvalue weighted by Gasteiger charge is 2.24. The Morgan fingerprint density at radius 1 is 1.12 bits per heavy atom. The second-order valence-corrected chi connectivity index (χ2v) is 7.02. The molecule has 1 aliphatic rings. The molecule has 0 saturated carbocycles. The maximum Gasteiger partial charge on any atom is 0.141 e. The Kier molecular flexibility index (Phi) is 5.59. The van der Waals surface area contributed by atoms with Crippen LogP contribution < -0.4 is 5.32 Å². The van der Waals surface area contributed by atoms with Crippen LogP contribution in [0.25, 0.3) is 0 Å². The van der Waals surface area contributed by atoms with Crippen molar-refractivity contribution in [3.05, 3.63) is 58.9 Å². The van der Waals surface area contributed by atoms with Gasteiger partial charge in [-0.05, 0) is 56.5 Å². The zero-order valence-electron chi connectivity index (χ0n) is 14.3. The Morgan fingerprint density at radius 3 is 2.36 bits per heavy atom. The normalized spacial score (nSPS) is 15.7. The summed E-state index contributed by atoms with van der Waals surface area (Å²) in [6.07, 6.45) is 2.78. The van der Waals surface area contributed by atoms with Gasteiger partial charge in [0.15, 0.2) is 0 Å². The summed E-state index contributed by atoms with van der Waals surface area (Å²) in [4.78, 5) is 2.27. The molecule has 0 aromatic heterocycles. The number of rotatable bonds is 6. The Bertz CT molecular complexity index is 739. The van der Waals surface area contributed by atoms with E-state index in [1.54, 1.807) is 12.3 Å². The number of hydrogen-bond donors (Lipinski definition) is 1. The molecular weight excluding hydrogens is 345 g/mol. The molecule has 0 aliphatic carbocycles. The number of likely N-dealkylation sites (tertiary alicyclic amines) is 1. The Balaban J connectivity index is 1.81. The number of hydrogen-bond acceptors (Lipinski definition) is 3. The number of nitrogens with zero attached hydrogens (tertiary/aromatic N) is 1. The van der Waals surface area contributed by atoms with Crippen LogP contribution in [0.2, 0.25) is 0 Å². The Hall–Kier alpha value is -1.66. The lowest BCUT2D eigenvalue weighted by Gasteiger charge is -2.37. The first-order chi connectivity index (χ1) is 12.0. The fourth-order valence-corrected chi connectivity index (χ4v) is 3.63. The lowest BCUT2D eigenvalue weighted by atomic mass is 9.97. The van der Waals surface area contributed by atoms with Crippen LogP contribution in [0.1, 0.15) is 30.5 Å². The van der Waals surface area contributed by atoms with E-state index >= 15 is 0 Å². The van der Waals surface area contributed by atoms with Crippen molar-refractivity contribution in [1.82, 2.24) is 4.90 Å². The molecule has 1 saturated heterocycles. The van der Waals surface area contributed by atoms with Crippen LogP contribution in [-0.4, -0.2) is 24.2 Å². The third kappa shape index (κ3) is 3.80. The van der Waals surface area contributed by atoms with Crippen molar-refractivity contribution in [2.45, 2.75) is 30.8 Å². The van der Waals surface area contributed by atoms with Gasteiger partial charge in [0.05, 0.1) is 4.90 Å².